The van der Waals surface area contributed by atoms with Crippen molar-refractivity contribution in [3.63, 3.8) is 0 Å². The van der Waals surface area contributed by atoms with Crippen molar-refractivity contribution in [2.45, 2.75) is 26.0 Å². The molecule has 0 fully saturated rings. The number of amides is 1. The zero-order valence-corrected chi connectivity index (χ0v) is 8.32. The zero-order chi connectivity index (χ0) is 11.1. The van der Waals surface area contributed by atoms with Crippen LogP contribution in [0.15, 0.2) is 12.7 Å². The molecule has 0 aliphatic carbocycles. The maximum Gasteiger partial charge on any atom is 0.325 e. The molecule has 0 aromatic carbocycles. The molecule has 80 valence electrons. The Hall–Kier alpha value is -1.36. The third-order valence-electron chi connectivity index (χ3n) is 1.56. The van der Waals surface area contributed by atoms with Crippen molar-refractivity contribution in [3.8, 4) is 0 Å². The third kappa shape index (κ3) is 4.61. The number of hydrogen-bond acceptors (Lipinski definition) is 3. The molecular formula is C9H15NO4. The minimum atomic E-state index is -1.07. The van der Waals surface area contributed by atoms with Gasteiger partial charge in [-0.15, -0.1) is 6.58 Å². The van der Waals surface area contributed by atoms with Crippen LogP contribution in [0.5, 0.6) is 0 Å². The summed E-state index contributed by atoms with van der Waals surface area (Å²) in [5, 5.41) is 10.8. The molecule has 5 nitrogen and oxygen atoms in total. The number of carbonyl (C=O) groups is 2. The summed E-state index contributed by atoms with van der Waals surface area (Å²) in [4.78, 5) is 21.6. The standard InChI is InChI=1S/C9H15NO4/c1-4-5-14-7(3)8(11)10-6(2)9(12)13/h4,6-7H,1,5H2,2-3H3,(H,10,11)(H,12,13)/t6-,7?/m1/s1. The highest BCUT2D eigenvalue weighted by Gasteiger charge is 2.18. The van der Waals surface area contributed by atoms with Crippen LogP contribution in [-0.2, 0) is 14.3 Å². The van der Waals surface area contributed by atoms with Gasteiger partial charge in [0.05, 0.1) is 6.61 Å². The van der Waals surface area contributed by atoms with Crippen molar-refractivity contribution in [2.24, 2.45) is 0 Å². The lowest BCUT2D eigenvalue weighted by Gasteiger charge is -2.14. The van der Waals surface area contributed by atoms with Crippen molar-refractivity contribution in [1.82, 2.24) is 5.32 Å². The molecule has 0 spiro atoms. The zero-order valence-electron chi connectivity index (χ0n) is 8.32. The maximum absolute atomic E-state index is 11.2. The van der Waals surface area contributed by atoms with Crippen LogP contribution in [-0.4, -0.2) is 35.7 Å². The second-order valence-electron chi connectivity index (χ2n) is 2.83. The molecule has 0 saturated heterocycles. The van der Waals surface area contributed by atoms with Gasteiger partial charge in [0.1, 0.15) is 12.1 Å². The van der Waals surface area contributed by atoms with E-state index in [9.17, 15) is 9.59 Å². The average molecular weight is 201 g/mol. The van der Waals surface area contributed by atoms with Crippen LogP contribution in [0.2, 0.25) is 0 Å². The maximum atomic E-state index is 11.2. The van der Waals surface area contributed by atoms with E-state index in [1.165, 1.54) is 13.0 Å². The van der Waals surface area contributed by atoms with Crippen LogP contribution in [0.3, 0.4) is 0 Å². The molecular weight excluding hydrogens is 186 g/mol. The molecule has 5 heteroatoms. The van der Waals surface area contributed by atoms with Crippen molar-refractivity contribution in [2.75, 3.05) is 6.61 Å². The number of carbonyl (C=O) groups excluding carboxylic acids is 1. The Bertz CT molecular complexity index is 227. The number of carboxylic acids is 1. The lowest BCUT2D eigenvalue weighted by Crippen LogP contribution is -2.43. The van der Waals surface area contributed by atoms with E-state index in [1.54, 1.807) is 6.92 Å². The van der Waals surface area contributed by atoms with Crippen LogP contribution >= 0.6 is 0 Å². The number of hydrogen-bond donors (Lipinski definition) is 2. The molecule has 14 heavy (non-hydrogen) atoms. The molecule has 2 atom stereocenters. The molecule has 1 amide bonds. The van der Waals surface area contributed by atoms with Gasteiger partial charge in [-0.05, 0) is 13.8 Å². The largest absolute Gasteiger partial charge is 0.480 e. The predicted octanol–water partition coefficient (Wildman–Crippen LogP) is 0.167. The van der Waals surface area contributed by atoms with Crippen LogP contribution in [0.4, 0.5) is 0 Å². The third-order valence-corrected chi connectivity index (χ3v) is 1.56. The summed E-state index contributed by atoms with van der Waals surface area (Å²) in [5.74, 6) is -1.52. The number of rotatable bonds is 6. The summed E-state index contributed by atoms with van der Waals surface area (Å²) in [6, 6.07) is -0.905. The Morgan fingerprint density at radius 2 is 2.14 bits per heavy atom. The van der Waals surface area contributed by atoms with E-state index in [4.69, 9.17) is 9.84 Å². The molecule has 0 radical (unpaired) electrons. The fraction of sp³-hybridized carbons (Fsp3) is 0.556. The average Bonchev–Trinajstić information content (AvgIpc) is 2.13. The SMILES string of the molecule is C=CCOC(C)C(=O)N[C@H](C)C(=O)O. The Kier molecular flexibility index (Phi) is 5.55. The molecule has 1 unspecified atom stereocenters. The molecule has 0 aliphatic heterocycles. The summed E-state index contributed by atoms with van der Waals surface area (Å²) in [5.41, 5.74) is 0. The quantitative estimate of drug-likeness (QED) is 0.600. The Labute approximate surface area is 82.7 Å². The second-order valence-corrected chi connectivity index (χ2v) is 2.83. The van der Waals surface area contributed by atoms with Crippen molar-refractivity contribution in [1.29, 1.82) is 0 Å². The smallest absolute Gasteiger partial charge is 0.325 e. The van der Waals surface area contributed by atoms with Crippen LogP contribution in [0, 0.1) is 0 Å². The van der Waals surface area contributed by atoms with Gasteiger partial charge in [0.25, 0.3) is 0 Å². The van der Waals surface area contributed by atoms with Gasteiger partial charge in [0.2, 0.25) is 5.91 Å². The van der Waals surface area contributed by atoms with Crippen LogP contribution < -0.4 is 5.32 Å². The first-order valence-corrected chi connectivity index (χ1v) is 4.24. The van der Waals surface area contributed by atoms with Gasteiger partial charge in [0.15, 0.2) is 0 Å². The van der Waals surface area contributed by atoms with Crippen LogP contribution in [0.1, 0.15) is 13.8 Å². The molecule has 0 aromatic rings. The first kappa shape index (κ1) is 12.6. The molecule has 0 saturated carbocycles. The predicted molar refractivity (Wildman–Crippen MR) is 50.9 cm³/mol. The van der Waals surface area contributed by atoms with E-state index < -0.39 is 24.0 Å². The highest BCUT2D eigenvalue weighted by molar-refractivity contribution is 5.85. The Morgan fingerprint density at radius 3 is 2.57 bits per heavy atom. The molecule has 0 heterocycles. The summed E-state index contributed by atoms with van der Waals surface area (Å²) in [7, 11) is 0. The second kappa shape index (κ2) is 6.15. The van der Waals surface area contributed by atoms with Gasteiger partial charge in [-0.3, -0.25) is 9.59 Å². The first-order chi connectivity index (χ1) is 6.49. The number of aliphatic carboxylic acids is 1. The van der Waals surface area contributed by atoms with E-state index >= 15 is 0 Å². The molecule has 0 aliphatic rings. The molecule has 0 bridgehead atoms. The molecule has 0 rings (SSSR count). The molecule has 2 N–H and O–H groups in total. The van der Waals surface area contributed by atoms with E-state index in [0.717, 1.165) is 0 Å². The van der Waals surface area contributed by atoms with Gasteiger partial charge in [0, 0.05) is 0 Å². The first-order valence-electron chi connectivity index (χ1n) is 4.24. The number of ether oxygens (including phenoxy) is 1. The van der Waals surface area contributed by atoms with E-state index in [1.807, 2.05) is 0 Å². The van der Waals surface area contributed by atoms with E-state index in [0.29, 0.717) is 0 Å². The van der Waals surface area contributed by atoms with E-state index in [-0.39, 0.29) is 6.61 Å². The Balaban J connectivity index is 3.94. The fourth-order valence-electron chi connectivity index (χ4n) is 0.681. The normalized spacial score (nSPS) is 14.1. The molecule has 0 aromatic heterocycles. The van der Waals surface area contributed by atoms with Crippen molar-refractivity contribution in [3.05, 3.63) is 12.7 Å². The van der Waals surface area contributed by atoms with Gasteiger partial charge in [-0.2, -0.15) is 0 Å². The topological polar surface area (TPSA) is 75.6 Å². The lowest BCUT2D eigenvalue weighted by atomic mass is 10.3. The highest BCUT2D eigenvalue weighted by Crippen LogP contribution is 1.92. The minimum Gasteiger partial charge on any atom is -0.480 e. The van der Waals surface area contributed by atoms with E-state index in [2.05, 4.69) is 11.9 Å². The Morgan fingerprint density at radius 1 is 1.57 bits per heavy atom. The summed E-state index contributed by atoms with van der Waals surface area (Å²) in [6.07, 6.45) is 0.847. The highest BCUT2D eigenvalue weighted by atomic mass is 16.5. The minimum absolute atomic E-state index is 0.260. The summed E-state index contributed by atoms with van der Waals surface area (Å²) in [6.45, 7) is 6.63. The number of nitrogens with one attached hydrogen (secondary N) is 1. The summed E-state index contributed by atoms with van der Waals surface area (Å²) < 4.78 is 5.01. The van der Waals surface area contributed by atoms with Crippen molar-refractivity contribution < 1.29 is 19.4 Å². The fourth-order valence-corrected chi connectivity index (χ4v) is 0.681. The van der Waals surface area contributed by atoms with Crippen LogP contribution in [0.25, 0.3) is 0 Å². The monoisotopic (exact) mass is 201 g/mol. The van der Waals surface area contributed by atoms with Gasteiger partial charge >= 0.3 is 5.97 Å². The van der Waals surface area contributed by atoms with Gasteiger partial charge < -0.3 is 15.2 Å². The van der Waals surface area contributed by atoms with Crippen molar-refractivity contribution >= 4 is 11.9 Å². The van der Waals surface area contributed by atoms with Gasteiger partial charge in [-0.25, -0.2) is 0 Å². The van der Waals surface area contributed by atoms with Gasteiger partial charge in [-0.1, -0.05) is 6.08 Å². The summed E-state index contributed by atoms with van der Waals surface area (Å²) >= 11 is 0. The lowest BCUT2D eigenvalue weighted by molar-refractivity contribution is -0.143. The number of carboxylic acid groups (broad SMARTS) is 1.